The van der Waals surface area contributed by atoms with E-state index in [1.165, 1.54) is 16.7 Å². The zero-order chi connectivity index (χ0) is 14.0. The minimum absolute atomic E-state index is 0.487. The highest BCUT2D eigenvalue weighted by atomic mass is 16.5. The van der Waals surface area contributed by atoms with Crippen LogP contribution in [0.3, 0.4) is 0 Å². The summed E-state index contributed by atoms with van der Waals surface area (Å²) in [4.78, 5) is 0. The van der Waals surface area contributed by atoms with Crippen LogP contribution in [0.2, 0.25) is 0 Å². The Labute approximate surface area is 115 Å². The Kier molecular flexibility index (Phi) is 3.91. The van der Waals surface area contributed by atoms with E-state index >= 15 is 0 Å². The number of ether oxygens (including phenoxy) is 1. The molecule has 2 aromatic carbocycles. The summed E-state index contributed by atoms with van der Waals surface area (Å²) in [6.45, 7) is 8.82. The predicted molar refractivity (Wildman–Crippen MR) is 79.8 cm³/mol. The second-order valence-electron chi connectivity index (χ2n) is 5.07. The third-order valence-corrected chi connectivity index (χ3v) is 3.49. The van der Waals surface area contributed by atoms with Crippen molar-refractivity contribution in [3.63, 3.8) is 0 Å². The van der Waals surface area contributed by atoms with E-state index in [0.717, 1.165) is 22.6 Å². The molecule has 0 unspecified atom stereocenters. The van der Waals surface area contributed by atoms with Crippen LogP contribution in [0.4, 0.5) is 0 Å². The number of hydrogen-bond donors (Lipinski definition) is 1. The van der Waals surface area contributed by atoms with Gasteiger partial charge >= 0.3 is 0 Å². The zero-order valence-corrected chi connectivity index (χ0v) is 12.1. The van der Waals surface area contributed by atoms with Gasteiger partial charge in [0.1, 0.15) is 11.5 Å². The average molecular weight is 255 g/mol. The molecule has 0 heterocycles. The van der Waals surface area contributed by atoms with Crippen LogP contribution in [-0.4, -0.2) is 0 Å². The number of hydrogen-bond acceptors (Lipinski definition) is 2. The molecule has 0 saturated heterocycles. The van der Waals surface area contributed by atoms with Crippen molar-refractivity contribution in [3.8, 4) is 11.5 Å². The monoisotopic (exact) mass is 255 g/mol. The second kappa shape index (κ2) is 5.45. The van der Waals surface area contributed by atoms with Crippen LogP contribution < -0.4 is 10.5 Å². The lowest BCUT2D eigenvalue weighted by Gasteiger charge is -2.16. The van der Waals surface area contributed by atoms with Crippen LogP contribution in [0.25, 0.3) is 0 Å². The molecule has 0 aliphatic rings. The maximum atomic E-state index is 6.14. The normalized spacial score (nSPS) is 10.6. The van der Waals surface area contributed by atoms with Gasteiger partial charge in [-0.2, -0.15) is 0 Å². The van der Waals surface area contributed by atoms with E-state index in [2.05, 4.69) is 32.9 Å². The Balaban J connectivity index is 2.47. The van der Waals surface area contributed by atoms with Gasteiger partial charge in [0.05, 0.1) is 0 Å². The third-order valence-electron chi connectivity index (χ3n) is 3.49. The van der Waals surface area contributed by atoms with Gasteiger partial charge in [0.25, 0.3) is 0 Å². The average Bonchev–Trinajstić information content (AvgIpc) is 2.37. The van der Waals surface area contributed by atoms with Crippen molar-refractivity contribution in [2.75, 3.05) is 0 Å². The molecule has 0 amide bonds. The first-order valence-corrected chi connectivity index (χ1v) is 6.57. The zero-order valence-electron chi connectivity index (χ0n) is 12.1. The minimum Gasteiger partial charge on any atom is -0.456 e. The minimum atomic E-state index is 0.487. The van der Waals surface area contributed by atoms with Gasteiger partial charge < -0.3 is 10.5 Å². The third kappa shape index (κ3) is 2.79. The number of para-hydroxylation sites is 1. The number of aryl methyl sites for hydroxylation is 3. The first-order valence-electron chi connectivity index (χ1n) is 6.57. The molecule has 0 aliphatic heterocycles. The van der Waals surface area contributed by atoms with E-state index in [0.29, 0.717) is 6.54 Å². The van der Waals surface area contributed by atoms with Crippen molar-refractivity contribution in [3.05, 3.63) is 58.1 Å². The lowest BCUT2D eigenvalue weighted by Crippen LogP contribution is -2.02. The maximum absolute atomic E-state index is 6.14. The Hall–Kier alpha value is -1.80. The van der Waals surface area contributed by atoms with E-state index in [-0.39, 0.29) is 0 Å². The maximum Gasteiger partial charge on any atom is 0.134 e. The molecule has 0 aromatic heterocycles. The largest absolute Gasteiger partial charge is 0.456 e. The van der Waals surface area contributed by atoms with E-state index in [9.17, 15) is 0 Å². The number of benzene rings is 2. The Morgan fingerprint density at radius 1 is 1.00 bits per heavy atom. The Bertz CT molecular complexity index is 602. The fraction of sp³-hybridized carbons (Fsp3) is 0.294. The number of nitrogens with two attached hydrogens (primary N) is 1. The smallest absolute Gasteiger partial charge is 0.134 e. The summed E-state index contributed by atoms with van der Waals surface area (Å²) >= 11 is 0. The van der Waals surface area contributed by atoms with E-state index < -0.39 is 0 Å². The Morgan fingerprint density at radius 3 is 2.42 bits per heavy atom. The highest BCUT2D eigenvalue weighted by Crippen LogP contribution is 2.32. The molecule has 0 saturated carbocycles. The van der Waals surface area contributed by atoms with Crippen molar-refractivity contribution in [1.82, 2.24) is 0 Å². The molecule has 2 nitrogen and oxygen atoms in total. The van der Waals surface area contributed by atoms with Gasteiger partial charge in [-0.1, -0.05) is 24.3 Å². The molecule has 0 atom stereocenters. The van der Waals surface area contributed by atoms with Crippen LogP contribution in [0.15, 0.2) is 30.3 Å². The molecule has 100 valence electrons. The summed E-state index contributed by atoms with van der Waals surface area (Å²) in [7, 11) is 0. The summed E-state index contributed by atoms with van der Waals surface area (Å²) in [6, 6.07) is 10.3. The van der Waals surface area contributed by atoms with Crippen molar-refractivity contribution in [2.24, 2.45) is 5.73 Å². The standard InChI is InChI=1S/C17H21NO/c1-11-8-13(3)14(4)16(9-11)19-17-12(2)6-5-7-15(17)10-18/h5-9H,10,18H2,1-4H3. The SMILES string of the molecule is Cc1cc(C)c(C)c(Oc2c(C)cccc2CN)c1. The molecule has 2 rings (SSSR count). The van der Waals surface area contributed by atoms with Crippen molar-refractivity contribution in [1.29, 1.82) is 0 Å². The lowest BCUT2D eigenvalue weighted by atomic mass is 10.1. The van der Waals surface area contributed by atoms with E-state index in [1.807, 2.05) is 25.1 Å². The summed E-state index contributed by atoms with van der Waals surface area (Å²) in [5, 5.41) is 0. The fourth-order valence-corrected chi connectivity index (χ4v) is 2.24. The van der Waals surface area contributed by atoms with Crippen LogP contribution in [0.5, 0.6) is 11.5 Å². The topological polar surface area (TPSA) is 35.2 Å². The highest BCUT2D eigenvalue weighted by molar-refractivity contribution is 5.48. The molecule has 2 aromatic rings. The molecule has 0 radical (unpaired) electrons. The van der Waals surface area contributed by atoms with Crippen molar-refractivity contribution < 1.29 is 4.74 Å². The second-order valence-corrected chi connectivity index (χ2v) is 5.07. The van der Waals surface area contributed by atoms with Crippen LogP contribution in [0.1, 0.15) is 27.8 Å². The fourth-order valence-electron chi connectivity index (χ4n) is 2.24. The summed E-state index contributed by atoms with van der Waals surface area (Å²) in [5.41, 5.74) is 11.6. The molecule has 0 bridgehead atoms. The van der Waals surface area contributed by atoms with Crippen LogP contribution >= 0.6 is 0 Å². The Morgan fingerprint density at radius 2 is 1.74 bits per heavy atom. The molecule has 0 aliphatic carbocycles. The van der Waals surface area contributed by atoms with Crippen molar-refractivity contribution >= 4 is 0 Å². The van der Waals surface area contributed by atoms with E-state index in [4.69, 9.17) is 10.5 Å². The molecule has 2 N–H and O–H groups in total. The first kappa shape index (κ1) is 13.6. The quantitative estimate of drug-likeness (QED) is 0.893. The first-order chi connectivity index (χ1) is 9.02. The molecule has 0 fully saturated rings. The highest BCUT2D eigenvalue weighted by Gasteiger charge is 2.10. The summed E-state index contributed by atoms with van der Waals surface area (Å²) in [5.74, 6) is 1.81. The summed E-state index contributed by atoms with van der Waals surface area (Å²) < 4.78 is 6.14. The van der Waals surface area contributed by atoms with Crippen LogP contribution in [-0.2, 0) is 6.54 Å². The molecule has 2 heteroatoms. The summed E-state index contributed by atoms with van der Waals surface area (Å²) in [6.07, 6.45) is 0. The lowest BCUT2D eigenvalue weighted by molar-refractivity contribution is 0.468. The van der Waals surface area contributed by atoms with Gasteiger partial charge in [-0.15, -0.1) is 0 Å². The predicted octanol–water partition coefficient (Wildman–Crippen LogP) is 4.17. The van der Waals surface area contributed by atoms with Gasteiger partial charge in [0.15, 0.2) is 0 Å². The van der Waals surface area contributed by atoms with Crippen molar-refractivity contribution in [2.45, 2.75) is 34.2 Å². The molecule has 19 heavy (non-hydrogen) atoms. The molecular weight excluding hydrogens is 234 g/mol. The van der Waals surface area contributed by atoms with Gasteiger partial charge in [0.2, 0.25) is 0 Å². The van der Waals surface area contributed by atoms with Gasteiger partial charge in [0, 0.05) is 12.1 Å². The molecule has 0 spiro atoms. The molecular formula is C17H21NO. The number of rotatable bonds is 3. The van der Waals surface area contributed by atoms with E-state index in [1.54, 1.807) is 0 Å². The van der Waals surface area contributed by atoms with Crippen LogP contribution in [0, 0.1) is 27.7 Å². The van der Waals surface area contributed by atoms with Gasteiger partial charge in [-0.25, -0.2) is 0 Å². The van der Waals surface area contributed by atoms with Gasteiger partial charge in [-0.3, -0.25) is 0 Å². The van der Waals surface area contributed by atoms with Gasteiger partial charge in [-0.05, 0) is 56.0 Å².